The van der Waals surface area contributed by atoms with Crippen LogP contribution in [0.2, 0.25) is 0 Å². The monoisotopic (exact) mass is 664 g/mol. The Balaban J connectivity index is 1.13. The van der Waals surface area contributed by atoms with Crippen molar-refractivity contribution in [2.45, 2.75) is 4.90 Å². The minimum Gasteiger partial charge on any atom is -0.496 e. The normalized spacial score (nSPS) is 11.1. The van der Waals surface area contributed by atoms with E-state index < -0.39 is 11.8 Å². The van der Waals surface area contributed by atoms with Crippen LogP contribution in [0.25, 0.3) is 28.5 Å². The van der Waals surface area contributed by atoms with Crippen LogP contribution in [0.15, 0.2) is 161 Å². The van der Waals surface area contributed by atoms with E-state index in [9.17, 15) is 14.4 Å². The summed E-state index contributed by atoms with van der Waals surface area (Å²) in [5.74, 6) is 0.885. The van der Waals surface area contributed by atoms with Crippen LogP contribution < -0.4 is 15.4 Å². The highest BCUT2D eigenvalue weighted by molar-refractivity contribution is 8.00. The van der Waals surface area contributed by atoms with Gasteiger partial charge in [0.15, 0.2) is 5.78 Å². The van der Waals surface area contributed by atoms with Crippen molar-refractivity contribution in [3.05, 3.63) is 168 Å². The Kier molecular flexibility index (Phi) is 10.5. The first kappa shape index (κ1) is 32.8. The zero-order valence-electron chi connectivity index (χ0n) is 26.6. The molecule has 0 aliphatic rings. The number of hydrogen-bond donors (Lipinski definition) is 2. The summed E-state index contributed by atoms with van der Waals surface area (Å²) in [7, 11) is 1.58. The lowest BCUT2D eigenvalue weighted by molar-refractivity contribution is -0.113. The summed E-state index contributed by atoms with van der Waals surface area (Å²) in [6.07, 6.45) is 1.48. The zero-order chi connectivity index (χ0) is 34.0. The number of ether oxygens (including phenoxy) is 1. The van der Waals surface area contributed by atoms with E-state index in [1.54, 1.807) is 55.6 Å². The fourth-order valence-electron chi connectivity index (χ4n) is 5.05. The number of nitrogens with one attached hydrogen (secondary N) is 2. The quantitative estimate of drug-likeness (QED) is 0.0770. The number of amides is 2. The number of anilines is 1. The molecular formula is C41H32N2O5S. The Morgan fingerprint density at radius 1 is 0.694 bits per heavy atom. The van der Waals surface area contributed by atoms with E-state index in [4.69, 9.17) is 9.15 Å². The van der Waals surface area contributed by atoms with Gasteiger partial charge in [-0.2, -0.15) is 0 Å². The van der Waals surface area contributed by atoms with Gasteiger partial charge in [-0.1, -0.05) is 84.9 Å². The molecule has 7 nitrogen and oxygen atoms in total. The number of thioether (sulfide) groups is 1. The molecule has 2 N–H and O–H groups in total. The van der Waals surface area contributed by atoms with Crippen molar-refractivity contribution < 1.29 is 23.5 Å². The summed E-state index contributed by atoms with van der Waals surface area (Å²) in [5.41, 5.74) is 4.48. The van der Waals surface area contributed by atoms with Gasteiger partial charge in [-0.3, -0.25) is 14.4 Å². The van der Waals surface area contributed by atoms with Crippen LogP contribution in [-0.2, 0) is 4.79 Å². The minimum atomic E-state index is -0.533. The molecule has 1 heterocycles. The third-order valence-electron chi connectivity index (χ3n) is 7.61. The fourth-order valence-corrected chi connectivity index (χ4v) is 5.85. The average Bonchev–Trinajstić information content (AvgIpc) is 3.63. The second-order valence-electron chi connectivity index (χ2n) is 10.9. The summed E-state index contributed by atoms with van der Waals surface area (Å²) < 4.78 is 11.5. The van der Waals surface area contributed by atoms with Gasteiger partial charge in [-0.05, 0) is 71.8 Å². The summed E-state index contributed by atoms with van der Waals surface area (Å²) >= 11 is 1.42. The maximum Gasteiger partial charge on any atom is 0.272 e. The number of methoxy groups -OCH3 is 1. The molecule has 0 fully saturated rings. The molecule has 0 saturated heterocycles. The van der Waals surface area contributed by atoms with E-state index in [0.29, 0.717) is 34.1 Å². The first-order valence-electron chi connectivity index (χ1n) is 15.5. The van der Waals surface area contributed by atoms with E-state index in [1.807, 2.05) is 97.1 Å². The van der Waals surface area contributed by atoms with Crippen LogP contribution in [-0.4, -0.2) is 30.5 Å². The van der Waals surface area contributed by atoms with Gasteiger partial charge in [0.25, 0.3) is 11.8 Å². The molecule has 8 heteroatoms. The van der Waals surface area contributed by atoms with Gasteiger partial charge >= 0.3 is 0 Å². The summed E-state index contributed by atoms with van der Waals surface area (Å²) in [6, 6.07) is 44.4. The highest BCUT2D eigenvalue weighted by Crippen LogP contribution is 2.31. The standard InChI is InChI=1S/C41H32N2O5S/c1-47-38-15-9-8-14-35(38)39-25-22-33(48-39)26-36(43-40(45)31-12-6-3-7-13-31)41(46)42-32-20-23-34(24-21-32)49-27-37(44)30-18-16-29(17-19-30)28-10-4-2-5-11-28/h2-26H,27H2,1H3,(H,42,46)(H,43,45)/b36-26-. The summed E-state index contributed by atoms with van der Waals surface area (Å²) in [4.78, 5) is 40.3. The molecule has 1 aromatic heterocycles. The highest BCUT2D eigenvalue weighted by Gasteiger charge is 2.17. The van der Waals surface area contributed by atoms with Crippen LogP contribution in [0.4, 0.5) is 5.69 Å². The lowest BCUT2D eigenvalue weighted by Crippen LogP contribution is -2.30. The van der Waals surface area contributed by atoms with Gasteiger partial charge in [-0.25, -0.2) is 0 Å². The van der Waals surface area contributed by atoms with E-state index in [1.165, 1.54) is 17.8 Å². The first-order valence-corrected chi connectivity index (χ1v) is 16.5. The van der Waals surface area contributed by atoms with Gasteiger partial charge in [0, 0.05) is 27.8 Å². The maximum atomic E-state index is 13.5. The Labute approximate surface area is 288 Å². The molecular weight excluding hydrogens is 633 g/mol. The minimum absolute atomic E-state index is 0.00268. The van der Waals surface area contributed by atoms with Crippen molar-refractivity contribution in [2.24, 2.45) is 0 Å². The summed E-state index contributed by atoms with van der Waals surface area (Å²) in [6.45, 7) is 0. The Hall–Kier alpha value is -6.12. The number of carbonyl (C=O) groups is 3. The first-order chi connectivity index (χ1) is 24.0. The molecule has 5 aromatic carbocycles. The van der Waals surface area contributed by atoms with Crippen LogP contribution in [0.5, 0.6) is 5.75 Å². The van der Waals surface area contributed by atoms with Crippen molar-refractivity contribution in [2.75, 3.05) is 18.2 Å². The van der Waals surface area contributed by atoms with Crippen molar-refractivity contribution in [3.8, 4) is 28.2 Å². The van der Waals surface area contributed by atoms with Crippen LogP contribution in [0.1, 0.15) is 26.5 Å². The SMILES string of the molecule is COc1ccccc1-c1ccc(/C=C(\NC(=O)c2ccccc2)C(=O)Nc2ccc(SCC(=O)c3ccc(-c4ccccc4)cc3)cc2)o1. The molecule has 0 atom stereocenters. The van der Waals surface area contributed by atoms with Gasteiger partial charge < -0.3 is 19.8 Å². The van der Waals surface area contributed by atoms with E-state index in [2.05, 4.69) is 10.6 Å². The number of rotatable bonds is 12. The average molecular weight is 665 g/mol. The number of furan rings is 1. The smallest absolute Gasteiger partial charge is 0.272 e. The van der Waals surface area contributed by atoms with Gasteiger partial charge in [0.2, 0.25) is 0 Å². The third-order valence-corrected chi connectivity index (χ3v) is 8.62. The molecule has 0 radical (unpaired) electrons. The molecule has 6 aromatic rings. The molecule has 2 amide bonds. The van der Waals surface area contributed by atoms with E-state index in [0.717, 1.165) is 21.6 Å². The third kappa shape index (κ3) is 8.43. The van der Waals surface area contributed by atoms with E-state index >= 15 is 0 Å². The van der Waals surface area contributed by atoms with Gasteiger partial charge in [0.05, 0.1) is 18.4 Å². The second-order valence-corrected chi connectivity index (χ2v) is 12.0. The fraction of sp³-hybridized carbons (Fsp3) is 0.0488. The van der Waals surface area contributed by atoms with Crippen LogP contribution in [0, 0.1) is 0 Å². The van der Waals surface area contributed by atoms with Gasteiger partial charge in [-0.15, -0.1) is 11.8 Å². The molecule has 0 spiro atoms. The van der Waals surface area contributed by atoms with Crippen molar-refractivity contribution in [1.82, 2.24) is 5.32 Å². The number of hydrogen-bond acceptors (Lipinski definition) is 6. The molecule has 0 saturated carbocycles. The van der Waals surface area contributed by atoms with Crippen molar-refractivity contribution in [1.29, 1.82) is 0 Å². The molecule has 6 rings (SSSR count). The second kappa shape index (κ2) is 15.6. The molecule has 0 unspecified atom stereocenters. The van der Waals surface area contributed by atoms with Crippen molar-refractivity contribution >= 4 is 41.1 Å². The Morgan fingerprint density at radius 3 is 2.06 bits per heavy atom. The number of Topliss-reactive ketones (excluding diaryl/α,β-unsaturated/α-hetero) is 1. The van der Waals surface area contributed by atoms with Crippen molar-refractivity contribution in [3.63, 3.8) is 0 Å². The topological polar surface area (TPSA) is 97.6 Å². The maximum absolute atomic E-state index is 13.5. The predicted octanol–water partition coefficient (Wildman–Crippen LogP) is 9.01. The van der Waals surface area contributed by atoms with Crippen LogP contribution in [0.3, 0.4) is 0 Å². The molecule has 0 aliphatic carbocycles. The highest BCUT2D eigenvalue weighted by atomic mass is 32.2. The van der Waals surface area contributed by atoms with E-state index in [-0.39, 0.29) is 17.2 Å². The number of carbonyl (C=O) groups excluding carboxylic acids is 3. The summed E-state index contributed by atoms with van der Waals surface area (Å²) in [5, 5.41) is 5.58. The number of para-hydroxylation sites is 1. The van der Waals surface area contributed by atoms with Gasteiger partial charge in [0.1, 0.15) is 23.0 Å². The number of benzene rings is 5. The number of ketones is 1. The Bertz CT molecular complexity index is 2090. The molecule has 242 valence electrons. The molecule has 0 aliphatic heterocycles. The lowest BCUT2D eigenvalue weighted by Gasteiger charge is -2.11. The Morgan fingerprint density at radius 2 is 1.35 bits per heavy atom. The largest absolute Gasteiger partial charge is 0.496 e. The molecule has 0 bridgehead atoms. The zero-order valence-corrected chi connectivity index (χ0v) is 27.4. The molecule has 49 heavy (non-hydrogen) atoms. The lowest BCUT2D eigenvalue weighted by atomic mass is 10.0. The van der Waals surface area contributed by atoms with Crippen LogP contribution >= 0.6 is 11.8 Å². The predicted molar refractivity (Wildman–Crippen MR) is 195 cm³/mol.